The van der Waals surface area contributed by atoms with Gasteiger partial charge in [-0.15, -0.1) is 11.6 Å². The van der Waals surface area contributed by atoms with E-state index < -0.39 is 0 Å². The second kappa shape index (κ2) is 6.02. The second-order valence-corrected chi connectivity index (χ2v) is 5.03. The van der Waals surface area contributed by atoms with Gasteiger partial charge in [0.15, 0.2) is 0 Å². The van der Waals surface area contributed by atoms with Crippen LogP contribution in [0.5, 0.6) is 11.6 Å². The third kappa shape index (κ3) is 3.67. The van der Waals surface area contributed by atoms with Crippen molar-refractivity contribution in [3.8, 4) is 11.6 Å². The molecule has 3 nitrogen and oxygen atoms in total. The lowest BCUT2D eigenvalue weighted by Crippen LogP contribution is -1.98. The van der Waals surface area contributed by atoms with Gasteiger partial charge in [0.25, 0.3) is 0 Å². The van der Waals surface area contributed by atoms with Crippen LogP contribution in [0.4, 0.5) is 0 Å². The molecule has 0 amide bonds. The Labute approximate surface area is 118 Å². The van der Waals surface area contributed by atoms with E-state index in [1.165, 1.54) is 0 Å². The van der Waals surface area contributed by atoms with Crippen molar-refractivity contribution in [1.82, 2.24) is 9.97 Å². The molecule has 19 heavy (non-hydrogen) atoms. The highest BCUT2D eigenvalue weighted by atomic mass is 35.5. The molecule has 2 rings (SSSR count). The Morgan fingerprint density at radius 2 is 2.05 bits per heavy atom. The van der Waals surface area contributed by atoms with Gasteiger partial charge in [-0.25, -0.2) is 4.98 Å². The first-order valence-electron chi connectivity index (χ1n) is 6.26. The van der Waals surface area contributed by atoms with E-state index in [-0.39, 0.29) is 0 Å². The fraction of sp³-hybridized carbons (Fsp3) is 0.333. The molecule has 0 fully saturated rings. The summed E-state index contributed by atoms with van der Waals surface area (Å²) in [4.78, 5) is 8.69. The molecule has 2 aromatic rings. The van der Waals surface area contributed by atoms with E-state index in [9.17, 15) is 0 Å². The Morgan fingerprint density at radius 3 is 2.63 bits per heavy atom. The SMILES string of the molecule is Cc1ccc(Oc2cc(CCl)cc(C(C)C)n2)cn1. The van der Waals surface area contributed by atoms with Crippen molar-refractivity contribution >= 4 is 11.6 Å². The van der Waals surface area contributed by atoms with E-state index in [0.717, 1.165) is 17.0 Å². The predicted octanol–water partition coefficient (Wildman–Crippen LogP) is 4.44. The number of nitrogens with zero attached hydrogens (tertiary/aromatic N) is 2. The lowest BCUT2D eigenvalue weighted by atomic mass is 10.1. The third-order valence-corrected chi connectivity index (χ3v) is 3.04. The monoisotopic (exact) mass is 276 g/mol. The standard InChI is InChI=1S/C15H17ClN2O/c1-10(2)14-6-12(8-16)7-15(18-14)19-13-5-4-11(3)17-9-13/h4-7,9-10H,8H2,1-3H3. The van der Waals surface area contributed by atoms with Crippen LogP contribution in [-0.4, -0.2) is 9.97 Å². The number of aromatic nitrogens is 2. The van der Waals surface area contributed by atoms with Crippen molar-refractivity contribution in [2.45, 2.75) is 32.6 Å². The van der Waals surface area contributed by atoms with Gasteiger partial charge < -0.3 is 4.74 Å². The molecule has 0 aliphatic rings. The van der Waals surface area contributed by atoms with Crippen LogP contribution in [0.3, 0.4) is 0 Å². The van der Waals surface area contributed by atoms with Crippen molar-refractivity contribution < 1.29 is 4.74 Å². The topological polar surface area (TPSA) is 35.0 Å². The lowest BCUT2D eigenvalue weighted by molar-refractivity contribution is 0.456. The molecular formula is C15H17ClN2O. The van der Waals surface area contributed by atoms with Crippen LogP contribution in [0.25, 0.3) is 0 Å². The molecule has 0 aliphatic carbocycles. The number of ether oxygens (including phenoxy) is 1. The summed E-state index contributed by atoms with van der Waals surface area (Å²) in [6, 6.07) is 7.66. The molecule has 2 heterocycles. The summed E-state index contributed by atoms with van der Waals surface area (Å²) in [7, 11) is 0. The number of alkyl halides is 1. The van der Waals surface area contributed by atoms with E-state index in [1.54, 1.807) is 6.20 Å². The Morgan fingerprint density at radius 1 is 1.26 bits per heavy atom. The quantitative estimate of drug-likeness (QED) is 0.775. The summed E-state index contributed by atoms with van der Waals surface area (Å²) in [5.74, 6) is 2.03. The third-order valence-electron chi connectivity index (χ3n) is 2.73. The zero-order valence-electron chi connectivity index (χ0n) is 11.4. The highest BCUT2D eigenvalue weighted by Gasteiger charge is 2.07. The molecule has 0 radical (unpaired) electrons. The van der Waals surface area contributed by atoms with Crippen LogP contribution in [0.1, 0.15) is 36.7 Å². The summed E-state index contributed by atoms with van der Waals surface area (Å²) in [6.07, 6.45) is 1.69. The Hall–Kier alpha value is -1.61. The number of aryl methyl sites for hydroxylation is 1. The van der Waals surface area contributed by atoms with Gasteiger partial charge in [0.2, 0.25) is 5.88 Å². The molecule has 0 spiro atoms. The van der Waals surface area contributed by atoms with Crippen molar-refractivity contribution in [2.24, 2.45) is 0 Å². The largest absolute Gasteiger partial charge is 0.437 e. The molecule has 4 heteroatoms. The zero-order chi connectivity index (χ0) is 13.8. The van der Waals surface area contributed by atoms with Crippen LogP contribution < -0.4 is 4.74 Å². The molecule has 0 N–H and O–H groups in total. The van der Waals surface area contributed by atoms with Crippen molar-refractivity contribution in [1.29, 1.82) is 0 Å². The van der Waals surface area contributed by atoms with Gasteiger partial charge in [0.1, 0.15) is 5.75 Å². The first-order chi connectivity index (χ1) is 9.08. The Kier molecular flexibility index (Phi) is 4.38. The van der Waals surface area contributed by atoms with Crippen molar-refractivity contribution in [3.63, 3.8) is 0 Å². The van der Waals surface area contributed by atoms with Crippen molar-refractivity contribution in [3.05, 3.63) is 47.4 Å². The maximum atomic E-state index is 5.90. The van der Waals surface area contributed by atoms with Gasteiger partial charge in [0, 0.05) is 23.3 Å². The van der Waals surface area contributed by atoms with Crippen LogP contribution in [-0.2, 0) is 5.88 Å². The minimum Gasteiger partial charge on any atom is -0.437 e. The van der Waals surface area contributed by atoms with Gasteiger partial charge >= 0.3 is 0 Å². The summed E-state index contributed by atoms with van der Waals surface area (Å²) < 4.78 is 5.73. The molecule has 0 aromatic carbocycles. The maximum absolute atomic E-state index is 5.90. The predicted molar refractivity (Wildman–Crippen MR) is 76.9 cm³/mol. The van der Waals surface area contributed by atoms with Crippen molar-refractivity contribution in [2.75, 3.05) is 0 Å². The number of halogens is 1. The van der Waals surface area contributed by atoms with Gasteiger partial charge in [-0.05, 0) is 36.6 Å². The fourth-order valence-electron chi connectivity index (χ4n) is 1.64. The molecule has 0 aliphatic heterocycles. The molecule has 0 saturated carbocycles. The minimum absolute atomic E-state index is 0.335. The van der Waals surface area contributed by atoms with Gasteiger partial charge in [-0.1, -0.05) is 13.8 Å². The average Bonchev–Trinajstić information content (AvgIpc) is 2.41. The highest BCUT2D eigenvalue weighted by Crippen LogP contribution is 2.24. The summed E-state index contributed by atoms with van der Waals surface area (Å²) in [6.45, 7) is 6.13. The Balaban J connectivity index is 2.28. The van der Waals surface area contributed by atoms with Crippen LogP contribution in [0.15, 0.2) is 30.5 Å². The Bertz CT molecular complexity index is 553. The minimum atomic E-state index is 0.335. The lowest BCUT2D eigenvalue weighted by Gasteiger charge is -2.10. The highest BCUT2D eigenvalue weighted by molar-refractivity contribution is 6.17. The molecule has 0 saturated heterocycles. The normalized spacial score (nSPS) is 10.8. The molecule has 100 valence electrons. The number of hydrogen-bond acceptors (Lipinski definition) is 3. The first-order valence-corrected chi connectivity index (χ1v) is 6.79. The van der Waals surface area contributed by atoms with Gasteiger partial charge in [-0.3, -0.25) is 4.98 Å². The summed E-state index contributed by atoms with van der Waals surface area (Å²) >= 11 is 5.90. The van der Waals surface area contributed by atoms with Crippen LogP contribution >= 0.6 is 11.6 Å². The average molecular weight is 277 g/mol. The molecule has 2 aromatic heterocycles. The van der Waals surface area contributed by atoms with E-state index in [0.29, 0.717) is 23.4 Å². The maximum Gasteiger partial charge on any atom is 0.219 e. The van der Waals surface area contributed by atoms with Gasteiger partial charge in [0.05, 0.1) is 6.20 Å². The molecule has 0 unspecified atom stereocenters. The smallest absolute Gasteiger partial charge is 0.219 e. The van der Waals surface area contributed by atoms with E-state index in [4.69, 9.17) is 16.3 Å². The summed E-state index contributed by atoms with van der Waals surface area (Å²) in [5, 5.41) is 0. The van der Waals surface area contributed by atoms with E-state index in [2.05, 4.69) is 23.8 Å². The molecule has 0 atom stereocenters. The second-order valence-electron chi connectivity index (χ2n) is 4.76. The summed E-state index contributed by atoms with van der Waals surface area (Å²) in [5.41, 5.74) is 2.95. The zero-order valence-corrected chi connectivity index (χ0v) is 12.1. The number of hydrogen-bond donors (Lipinski definition) is 0. The van der Waals surface area contributed by atoms with E-state index in [1.807, 2.05) is 31.2 Å². The van der Waals surface area contributed by atoms with Crippen LogP contribution in [0, 0.1) is 6.92 Å². The van der Waals surface area contributed by atoms with Crippen LogP contribution in [0.2, 0.25) is 0 Å². The fourth-order valence-corrected chi connectivity index (χ4v) is 1.80. The molecular weight excluding hydrogens is 260 g/mol. The van der Waals surface area contributed by atoms with Gasteiger partial charge in [-0.2, -0.15) is 0 Å². The number of pyridine rings is 2. The number of rotatable bonds is 4. The first kappa shape index (κ1) is 13.8. The molecule has 0 bridgehead atoms. The van der Waals surface area contributed by atoms with E-state index >= 15 is 0 Å².